The van der Waals surface area contributed by atoms with Gasteiger partial charge in [0.1, 0.15) is 5.82 Å². The normalized spacial score (nSPS) is 13.3. The number of esters is 1. The van der Waals surface area contributed by atoms with Crippen LogP contribution in [0.2, 0.25) is 0 Å². The van der Waals surface area contributed by atoms with Crippen molar-refractivity contribution in [3.8, 4) is 0 Å². The smallest absolute Gasteiger partial charge is 0.313 e. The second-order valence-electron chi connectivity index (χ2n) is 4.72. The fourth-order valence-electron chi connectivity index (χ4n) is 1.66. The van der Waals surface area contributed by atoms with Crippen LogP contribution >= 0.6 is 0 Å². The van der Waals surface area contributed by atoms with Crippen molar-refractivity contribution < 1.29 is 13.9 Å². The van der Waals surface area contributed by atoms with Crippen molar-refractivity contribution in [3.63, 3.8) is 0 Å². The third-order valence-electron chi connectivity index (χ3n) is 2.98. The van der Waals surface area contributed by atoms with E-state index in [1.807, 2.05) is 0 Å². The standard InChI is InChI=1S/C13H18FNO2/c1-8-5-6-9(10(14)7-8)11(15)13(2,3)12(16)17-4/h5-7,11H,15H2,1-4H3/t11-/m0/s1. The lowest BCUT2D eigenvalue weighted by atomic mass is 9.80. The van der Waals surface area contributed by atoms with E-state index in [1.165, 1.54) is 13.2 Å². The summed E-state index contributed by atoms with van der Waals surface area (Å²) in [5, 5.41) is 0. The van der Waals surface area contributed by atoms with Crippen molar-refractivity contribution in [2.24, 2.45) is 11.1 Å². The maximum Gasteiger partial charge on any atom is 0.313 e. The van der Waals surface area contributed by atoms with Crippen molar-refractivity contribution in [2.45, 2.75) is 26.8 Å². The monoisotopic (exact) mass is 239 g/mol. The van der Waals surface area contributed by atoms with Crippen molar-refractivity contribution in [3.05, 3.63) is 35.1 Å². The highest BCUT2D eigenvalue weighted by Gasteiger charge is 2.37. The average Bonchev–Trinajstić information content (AvgIpc) is 2.27. The molecule has 0 unspecified atom stereocenters. The van der Waals surface area contributed by atoms with Gasteiger partial charge in [-0.15, -0.1) is 0 Å². The first-order valence-corrected chi connectivity index (χ1v) is 5.40. The highest BCUT2D eigenvalue weighted by atomic mass is 19.1. The average molecular weight is 239 g/mol. The molecule has 17 heavy (non-hydrogen) atoms. The zero-order valence-electron chi connectivity index (χ0n) is 10.6. The van der Waals surface area contributed by atoms with Crippen LogP contribution in [-0.2, 0) is 9.53 Å². The van der Waals surface area contributed by atoms with E-state index < -0.39 is 23.2 Å². The largest absolute Gasteiger partial charge is 0.469 e. The summed E-state index contributed by atoms with van der Waals surface area (Å²) in [6.07, 6.45) is 0. The lowest BCUT2D eigenvalue weighted by molar-refractivity contribution is -0.152. The number of hydrogen-bond donors (Lipinski definition) is 1. The molecule has 4 heteroatoms. The van der Waals surface area contributed by atoms with Gasteiger partial charge in [0.25, 0.3) is 0 Å². The van der Waals surface area contributed by atoms with E-state index in [0.717, 1.165) is 5.56 Å². The first-order valence-electron chi connectivity index (χ1n) is 5.40. The Balaban J connectivity index is 3.11. The zero-order chi connectivity index (χ0) is 13.2. The second-order valence-corrected chi connectivity index (χ2v) is 4.72. The van der Waals surface area contributed by atoms with Crippen LogP contribution in [0.3, 0.4) is 0 Å². The predicted molar refractivity (Wildman–Crippen MR) is 63.9 cm³/mol. The Kier molecular flexibility index (Phi) is 3.88. The molecule has 0 amide bonds. The topological polar surface area (TPSA) is 52.3 Å². The number of hydrogen-bond acceptors (Lipinski definition) is 3. The highest BCUT2D eigenvalue weighted by Crippen LogP contribution is 2.33. The molecule has 0 heterocycles. The van der Waals surface area contributed by atoms with Gasteiger partial charge in [0.05, 0.1) is 12.5 Å². The van der Waals surface area contributed by atoms with Crippen LogP contribution in [0.4, 0.5) is 4.39 Å². The summed E-state index contributed by atoms with van der Waals surface area (Å²) in [6.45, 7) is 5.08. The van der Waals surface area contributed by atoms with Gasteiger partial charge < -0.3 is 10.5 Å². The van der Waals surface area contributed by atoms with E-state index in [0.29, 0.717) is 5.56 Å². The maximum atomic E-state index is 13.8. The minimum absolute atomic E-state index is 0.325. The van der Waals surface area contributed by atoms with Gasteiger partial charge in [0.2, 0.25) is 0 Å². The molecule has 94 valence electrons. The van der Waals surface area contributed by atoms with Crippen LogP contribution in [-0.4, -0.2) is 13.1 Å². The summed E-state index contributed by atoms with van der Waals surface area (Å²) in [5.41, 5.74) is 6.13. The van der Waals surface area contributed by atoms with Crippen molar-refractivity contribution in [1.82, 2.24) is 0 Å². The summed E-state index contributed by atoms with van der Waals surface area (Å²) in [6, 6.07) is 4.05. The lowest BCUT2D eigenvalue weighted by Gasteiger charge is -2.29. The molecule has 1 rings (SSSR count). The lowest BCUT2D eigenvalue weighted by Crippen LogP contribution is -2.37. The van der Waals surface area contributed by atoms with E-state index >= 15 is 0 Å². The fourth-order valence-corrected chi connectivity index (χ4v) is 1.66. The molecule has 1 atom stereocenters. The molecule has 0 fully saturated rings. The van der Waals surface area contributed by atoms with E-state index in [4.69, 9.17) is 5.73 Å². The molecule has 0 aliphatic rings. The van der Waals surface area contributed by atoms with Gasteiger partial charge in [-0.2, -0.15) is 0 Å². The number of carbonyl (C=O) groups excluding carboxylic acids is 1. The molecular weight excluding hydrogens is 221 g/mol. The van der Waals surface area contributed by atoms with Gasteiger partial charge in [-0.3, -0.25) is 4.79 Å². The summed E-state index contributed by atoms with van der Waals surface area (Å²) >= 11 is 0. The predicted octanol–water partition coefficient (Wildman–Crippen LogP) is 2.33. The van der Waals surface area contributed by atoms with Gasteiger partial charge in [-0.25, -0.2) is 4.39 Å². The van der Waals surface area contributed by atoms with E-state index in [9.17, 15) is 9.18 Å². The third-order valence-corrected chi connectivity index (χ3v) is 2.98. The number of aryl methyl sites for hydroxylation is 1. The van der Waals surface area contributed by atoms with Gasteiger partial charge in [0, 0.05) is 11.6 Å². The second kappa shape index (κ2) is 4.84. The Morgan fingerprint density at radius 2 is 2.06 bits per heavy atom. The Labute approximate surface area is 101 Å². The summed E-state index contributed by atoms with van der Waals surface area (Å²) < 4.78 is 18.4. The maximum absolute atomic E-state index is 13.8. The van der Waals surface area contributed by atoms with Crippen LogP contribution < -0.4 is 5.73 Å². The Bertz CT molecular complexity index is 429. The first kappa shape index (κ1) is 13.6. The first-order chi connectivity index (χ1) is 7.80. The Hall–Kier alpha value is -1.42. The number of halogens is 1. The quantitative estimate of drug-likeness (QED) is 0.824. The number of benzene rings is 1. The molecule has 0 saturated carbocycles. The van der Waals surface area contributed by atoms with E-state index in [-0.39, 0.29) is 0 Å². The molecule has 0 aliphatic heterocycles. The van der Waals surface area contributed by atoms with Gasteiger partial charge >= 0.3 is 5.97 Å². The van der Waals surface area contributed by atoms with Crippen LogP contribution in [0.15, 0.2) is 18.2 Å². The molecule has 1 aromatic carbocycles. The molecule has 0 saturated heterocycles. The number of rotatable bonds is 3. The number of ether oxygens (including phenoxy) is 1. The molecule has 0 bridgehead atoms. The Morgan fingerprint density at radius 3 is 2.53 bits per heavy atom. The van der Waals surface area contributed by atoms with Crippen LogP contribution in [0.25, 0.3) is 0 Å². The number of nitrogens with two attached hydrogens (primary N) is 1. The summed E-state index contributed by atoms with van der Waals surface area (Å²) in [7, 11) is 1.29. The van der Waals surface area contributed by atoms with E-state index in [1.54, 1.807) is 32.9 Å². The molecular formula is C13H18FNO2. The van der Waals surface area contributed by atoms with Crippen LogP contribution in [0.5, 0.6) is 0 Å². The van der Waals surface area contributed by atoms with Crippen LogP contribution in [0, 0.1) is 18.2 Å². The molecule has 0 radical (unpaired) electrons. The van der Waals surface area contributed by atoms with E-state index in [2.05, 4.69) is 4.74 Å². The zero-order valence-corrected chi connectivity index (χ0v) is 10.6. The number of methoxy groups -OCH3 is 1. The highest BCUT2D eigenvalue weighted by molar-refractivity contribution is 5.77. The van der Waals surface area contributed by atoms with Crippen molar-refractivity contribution in [1.29, 1.82) is 0 Å². The minimum Gasteiger partial charge on any atom is -0.469 e. The summed E-state index contributed by atoms with van der Waals surface area (Å²) in [4.78, 5) is 11.6. The van der Waals surface area contributed by atoms with Gasteiger partial charge in [-0.1, -0.05) is 12.1 Å². The van der Waals surface area contributed by atoms with Crippen molar-refractivity contribution in [2.75, 3.05) is 7.11 Å². The molecule has 0 aliphatic carbocycles. The Morgan fingerprint density at radius 1 is 1.47 bits per heavy atom. The molecule has 1 aromatic rings. The molecule has 2 N–H and O–H groups in total. The molecule has 3 nitrogen and oxygen atoms in total. The SMILES string of the molecule is COC(=O)C(C)(C)[C@@H](N)c1ccc(C)cc1F. The fraction of sp³-hybridized carbons (Fsp3) is 0.462. The molecule has 0 spiro atoms. The van der Waals surface area contributed by atoms with Crippen molar-refractivity contribution >= 4 is 5.97 Å². The molecule has 0 aromatic heterocycles. The summed E-state index contributed by atoms with van der Waals surface area (Å²) in [5.74, 6) is -0.848. The van der Waals surface area contributed by atoms with Gasteiger partial charge in [0.15, 0.2) is 0 Å². The minimum atomic E-state index is -0.967. The van der Waals surface area contributed by atoms with Crippen LogP contribution in [0.1, 0.15) is 31.0 Å². The number of carbonyl (C=O) groups is 1. The van der Waals surface area contributed by atoms with Gasteiger partial charge in [-0.05, 0) is 32.4 Å². The third kappa shape index (κ3) is 2.64.